The van der Waals surface area contributed by atoms with Crippen molar-refractivity contribution in [3.63, 3.8) is 0 Å². The molecule has 0 bridgehead atoms. The minimum absolute atomic E-state index is 0.320. The third-order valence-corrected chi connectivity index (χ3v) is 6.02. The van der Waals surface area contributed by atoms with Crippen LogP contribution in [0.25, 0.3) is 0 Å². The number of aromatic nitrogens is 1. The Morgan fingerprint density at radius 1 is 1.17 bits per heavy atom. The molecule has 0 saturated heterocycles. The molecule has 1 heterocycles. The molecule has 0 aliphatic heterocycles. The normalized spacial score (nSPS) is 11.8. The van der Waals surface area contributed by atoms with E-state index in [4.69, 9.17) is 11.6 Å². The van der Waals surface area contributed by atoms with Crippen molar-refractivity contribution in [3.8, 4) is 0 Å². The van der Waals surface area contributed by atoms with Gasteiger partial charge in [0, 0.05) is 29.2 Å². The fourth-order valence-electron chi connectivity index (χ4n) is 2.91. The zero-order valence-corrected chi connectivity index (χ0v) is 18.6. The fourth-order valence-corrected chi connectivity index (χ4v) is 4.41. The van der Waals surface area contributed by atoms with E-state index in [2.05, 4.69) is 32.8 Å². The van der Waals surface area contributed by atoms with E-state index in [0.717, 1.165) is 34.1 Å². The lowest BCUT2D eigenvalue weighted by atomic mass is 10.1. The standard InChI is InChI=1S/C21H22ClN3O2S2/c1-15-19(20(26)24-29(2)27)23-21(28-15)25(14-17-7-4-3-5-8-17)12-11-16-9-6-10-18(22)13-16/h3-10,13H,11-12,14H2,1-2H3,(H,24,26). The van der Waals surface area contributed by atoms with Crippen LogP contribution in [-0.2, 0) is 24.0 Å². The first-order valence-corrected chi connectivity index (χ1v) is 11.8. The molecule has 1 aromatic heterocycles. The maximum absolute atomic E-state index is 12.3. The second kappa shape index (κ2) is 10.0. The van der Waals surface area contributed by atoms with Crippen molar-refractivity contribution in [2.45, 2.75) is 19.9 Å². The molecule has 1 N–H and O–H groups in total. The van der Waals surface area contributed by atoms with Gasteiger partial charge in [0.15, 0.2) is 5.13 Å². The van der Waals surface area contributed by atoms with Gasteiger partial charge in [0.25, 0.3) is 5.91 Å². The van der Waals surface area contributed by atoms with Crippen LogP contribution in [0.1, 0.15) is 26.5 Å². The zero-order chi connectivity index (χ0) is 20.8. The highest BCUT2D eigenvalue weighted by atomic mass is 35.5. The summed E-state index contributed by atoms with van der Waals surface area (Å²) in [5, 5.41) is 1.48. The highest BCUT2D eigenvalue weighted by Gasteiger charge is 2.20. The predicted octanol–water partition coefficient (Wildman–Crippen LogP) is 4.38. The SMILES string of the molecule is Cc1sc(N(CCc2cccc(Cl)c2)Cc2ccccc2)nc1C(=O)NS(C)=O. The van der Waals surface area contributed by atoms with Crippen molar-refractivity contribution in [1.82, 2.24) is 9.71 Å². The summed E-state index contributed by atoms with van der Waals surface area (Å²) in [6.45, 7) is 3.25. The Bertz CT molecular complexity index is 1010. The minimum Gasteiger partial charge on any atom is -0.343 e. The molecule has 0 fully saturated rings. The van der Waals surface area contributed by atoms with Crippen molar-refractivity contribution >= 4 is 45.0 Å². The van der Waals surface area contributed by atoms with Crippen molar-refractivity contribution in [2.75, 3.05) is 17.7 Å². The van der Waals surface area contributed by atoms with Gasteiger partial charge in [-0.25, -0.2) is 9.19 Å². The third-order valence-electron chi connectivity index (χ3n) is 4.28. The number of thiazole rings is 1. The number of anilines is 1. The lowest BCUT2D eigenvalue weighted by Crippen LogP contribution is -2.27. The topological polar surface area (TPSA) is 62.3 Å². The molecular formula is C21H22ClN3O2S2. The van der Waals surface area contributed by atoms with Crippen LogP contribution in [0.4, 0.5) is 5.13 Å². The van der Waals surface area contributed by atoms with Crippen molar-refractivity contribution in [3.05, 3.63) is 81.3 Å². The molecule has 0 radical (unpaired) electrons. The van der Waals surface area contributed by atoms with Crippen LogP contribution in [0.15, 0.2) is 54.6 Å². The average Bonchev–Trinajstić information content (AvgIpc) is 3.07. The Morgan fingerprint density at radius 3 is 2.59 bits per heavy atom. The largest absolute Gasteiger partial charge is 0.343 e. The summed E-state index contributed by atoms with van der Waals surface area (Å²) < 4.78 is 13.8. The Kier molecular flexibility index (Phi) is 7.41. The quantitative estimate of drug-likeness (QED) is 0.556. The summed E-state index contributed by atoms with van der Waals surface area (Å²) in [6.07, 6.45) is 2.22. The smallest absolute Gasteiger partial charge is 0.282 e. The van der Waals surface area contributed by atoms with Crippen molar-refractivity contribution < 1.29 is 9.00 Å². The molecular weight excluding hydrogens is 426 g/mol. The van der Waals surface area contributed by atoms with Gasteiger partial charge >= 0.3 is 0 Å². The molecule has 1 atom stereocenters. The summed E-state index contributed by atoms with van der Waals surface area (Å²) >= 11 is 7.58. The third kappa shape index (κ3) is 6.13. The van der Waals surface area contributed by atoms with Gasteiger partial charge in [-0.05, 0) is 36.6 Å². The first-order chi connectivity index (χ1) is 13.9. The van der Waals surface area contributed by atoms with E-state index in [-0.39, 0.29) is 0 Å². The monoisotopic (exact) mass is 447 g/mol. The highest BCUT2D eigenvalue weighted by Crippen LogP contribution is 2.27. The number of nitrogens with one attached hydrogen (secondary N) is 1. The van der Waals surface area contributed by atoms with Gasteiger partial charge in [0.1, 0.15) is 16.7 Å². The van der Waals surface area contributed by atoms with E-state index >= 15 is 0 Å². The molecule has 3 aromatic rings. The molecule has 5 nitrogen and oxygen atoms in total. The number of amides is 1. The second-order valence-corrected chi connectivity index (χ2v) is 9.30. The molecule has 152 valence electrons. The van der Waals surface area contributed by atoms with Gasteiger partial charge in [-0.1, -0.05) is 54.1 Å². The first-order valence-electron chi connectivity index (χ1n) is 9.07. The summed E-state index contributed by atoms with van der Waals surface area (Å²) in [5.74, 6) is -0.416. The van der Waals surface area contributed by atoms with Gasteiger partial charge in [-0.2, -0.15) is 0 Å². The van der Waals surface area contributed by atoms with Crippen molar-refractivity contribution in [1.29, 1.82) is 0 Å². The Balaban J connectivity index is 1.84. The van der Waals surface area contributed by atoms with Gasteiger partial charge in [0.05, 0.1) is 0 Å². The molecule has 0 saturated carbocycles. The van der Waals surface area contributed by atoms with Crippen LogP contribution in [-0.4, -0.2) is 27.9 Å². The number of aryl methyl sites for hydroxylation is 1. The number of carbonyl (C=O) groups is 1. The lowest BCUT2D eigenvalue weighted by molar-refractivity contribution is 0.0978. The number of rotatable bonds is 8. The van der Waals surface area contributed by atoms with Crippen molar-refractivity contribution in [2.24, 2.45) is 0 Å². The fraction of sp³-hybridized carbons (Fsp3) is 0.238. The number of benzene rings is 2. The van der Waals surface area contributed by atoms with E-state index < -0.39 is 16.9 Å². The second-order valence-electron chi connectivity index (χ2n) is 6.57. The van der Waals surface area contributed by atoms with E-state index in [0.29, 0.717) is 17.3 Å². The van der Waals surface area contributed by atoms with E-state index in [1.54, 1.807) is 0 Å². The summed E-state index contributed by atoms with van der Waals surface area (Å²) in [7, 11) is -1.43. The maximum atomic E-state index is 12.3. The Hall–Kier alpha value is -2.22. The molecule has 8 heteroatoms. The van der Waals surface area contributed by atoms with Crippen LogP contribution >= 0.6 is 22.9 Å². The molecule has 0 aliphatic carbocycles. The van der Waals surface area contributed by atoms with E-state index in [1.807, 2.05) is 43.3 Å². The molecule has 1 amide bonds. The zero-order valence-electron chi connectivity index (χ0n) is 16.2. The number of nitrogens with zero attached hydrogens (tertiary/aromatic N) is 2. The Morgan fingerprint density at radius 2 is 1.90 bits per heavy atom. The van der Waals surface area contributed by atoms with Gasteiger partial charge < -0.3 is 4.90 Å². The Labute approximate surface area is 182 Å². The van der Waals surface area contributed by atoms with Gasteiger partial charge in [-0.15, -0.1) is 11.3 Å². The number of carbonyl (C=O) groups excluding carboxylic acids is 1. The van der Waals surface area contributed by atoms with Crippen LogP contribution in [0.3, 0.4) is 0 Å². The molecule has 0 spiro atoms. The maximum Gasteiger partial charge on any atom is 0.282 e. The number of hydrogen-bond donors (Lipinski definition) is 1. The van der Waals surface area contributed by atoms with Crippen LogP contribution in [0, 0.1) is 6.92 Å². The van der Waals surface area contributed by atoms with Crippen LogP contribution < -0.4 is 9.62 Å². The van der Waals surface area contributed by atoms with Crippen LogP contribution in [0.5, 0.6) is 0 Å². The molecule has 0 aliphatic rings. The molecule has 29 heavy (non-hydrogen) atoms. The first kappa shape index (κ1) is 21.5. The minimum atomic E-state index is -1.43. The summed E-state index contributed by atoms with van der Waals surface area (Å²) in [6, 6.07) is 18.0. The molecule has 2 aromatic carbocycles. The van der Waals surface area contributed by atoms with Gasteiger partial charge in [0.2, 0.25) is 0 Å². The number of hydrogen-bond acceptors (Lipinski definition) is 5. The number of halogens is 1. The van der Waals surface area contributed by atoms with Crippen LogP contribution in [0.2, 0.25) is 5.02 Å². The van der Waals surface area contributed by atoms with E-state index in [1.165, 1.54) is 17.6 Å². The summed E-state index contributed by atoms with van der Waals surface area (Å²) in [5.41, 5.74) is 2.62. The summed E-state index contributed by atoms with van der Waals surface area (Å²) in [4.78, 5) is 19.8. The lowest BCUT2D eigenvalue weighted by Gasteiger charge is -2.22. The van der Waals surface area contributed by atoms with E-state index in [9.17, 15) is 9.00 Å². The molecule has 1 unspecified atom stereocenters. The molecule has 3 rings (SSSR count). The predicted molar refractivity (Wildman–Crippen MR) is 121 cm³/mol. The van der Waals surface area contributed by atoms with Gasteiger partial charge in [-0.3, -0.25) is 9.52 Å². The average molecular weight is 448 g/mol. The highest BCUT2D eigenvalue weighted by molar-refractivity contribution is 7.82.